The molecule has 0 bridgehead atoms. The molecule has 0 heterocycles. The van der Waals surface area contributed by atoms with Crippen LogP contribution in [0.5, 0.6) is 0 Å². The molecule has 1 aromatic carbocycles. The molecule has 0 radical (unpaired) electrons. The minimum Gasteiger partial charge on any atom is -0.398 e. The number of benzene rings is 1. The molecule has 0 saturated carbocycles. The molecule has 0 aromatic heterocycles. The molecule has 1 rings (SSSR count). The van der Waals surface area contributed by atoms with Crippen molar-refractivity contribution in [3.63, 3.8) is 0 Å². The molecule has 0 saturated heterocycles. The quantitative estimate of drug-likeness (QED) is 0.350. The van der Waals surface area contributed by atoms with Gasteiger partial charge < -0.3 is 5.73 Å². The highest BCUT2D eigenvalue weighted by atomic mass is 16.6. The Labute approximate surface area is 89.2 Å². The number of nitro benzene ring substituents is 1. The van der Waals surface area contributed by atoms with Gasteiger partial charge >= 0.3 is 0 Å². The summed E-state index contributed by atoms with van der Waals surface area (Å²) in [6.07, 6.45) is 3.81. The van der Waals surface area contributed by atoms with E-state index in [0.717, 1.165) is 19.3 Å². The van der Waals surface area contributed by atoms with E-state index in [-0.39, 0.29) is 10.6 Å². The molecule has 4 heteroatoms. The number of hydrogen-bond donors (Lipinski definition) is 1. The van der Waals surface area contributed by atoms with Gasteiger partial charge in [-0.15, -0.1) is 0 Å². The molecule has 82 valence electrons. The van der Waals surface area contributed by atoms with E-state index in [1.165, 1.54) is 6.07 Å². The summed E-state index contributed by atoms with van der Waals surface area (Å²) >= 11 is 0. The Morgan fingerprint density at radius 3 is 2.73 bits per heavy atom. The van der Waals surface area contributed by atoms with Gasteiger partial charge in [-0.1, -0.05) is 25.8 Å². The normalized spacial score (nSPS) is 10.2. The van der Waals surface area contributed by atoms with E-state index in [4.69, 9.17) is 5.73 Å². The number of anilines is 1. The van der Waals surface area contributed by atoms with Gasteiger partial charge in [0.25, 0.3) is 5.69 Å². The zero-order valence-corrected chi connectivity index (χ0v) is 8.90. The zero-order chi connectivity index (χ0) is 11.3. The number of unbranched alkanes of at least 4 members (excludes halogenated alkanes) is 2. The Bertz CT molecular complexity index is 350. The van der Waals surface area contributed by atoms with E-state index in [2.05, 4.69) is 6.92 Å². The summed E-state index contributed by atoms with van der Waals surface area (Å²) in [5, 5.41) is 10.8. The molecular formula is C11H16N2O2. The van der Waals surface area contributed by atoms with Crippen LogP contribution in [0, 0.1) is 10.1 Å². The van der Waals surface area contributed by atoms with E-state index in [1.807, 2.05) is 0 Å². The second-order valence-corrected chi connectivity index (χ2v) is 3.56. The molecule has 0 aliphatic heterocycles. The maximum Gasteiger partial charge on any atom is 0.274 e. The van der Waals surface area contributed by atoms with Gasteiger partial charge in [-0.3, -0.25) is 10.1 Å². The highest BCUT2D eigenvalue weighted by molar-refractivity contribution is 5.57. The fourth-order valence-corrected chi connectivity index (χ4v) is 1.59. The lowest BCUT2D eigenvalue weighted by atomic mass is 10.0. The first kappa shape index (κ1) is 11.5. The molecule has 0 amide bonds. The van der Waals surface area contributed by atoms with Crippen LogP contribution >= 0.6 is 0 Å². The van der Waals surface area contributed by atoms with Crippen LogP contribution in [0.4, 0.5) is 11.4 Å². The smallest absolute Gasteiger partial charge is 0.274 e. The average Bonchev–Trinajstić information content (AvgIpc) is 2.20. The number of hydrogen-bond acceptors (Lipinski definition) is 3. The number of rotatable bonds is 5. The molecule has 4 nitrogen and oxygen atoms in total. The van der Waals surface area contributed by atoms with Gasteiger partial charge in [-0.25, -0.2) is 0 Å². The van der Waals surface area contributed by atoms with Crippen molar-refractivity contribution >= 4 is 11.4 Å². The van der Waals surface area contributed by atoms with Crippen molar-refractivity contribution in [3.05, 3.63) is 33.9 Å². The number of nitrogens with two attached hydrogens (primary N) is 1. The molecular weight excluding hydrogens is 192 g/mol. The molecule has 0 aliphatic rings. The second-order valence-electron chi connectivity index (χ2n) is 3.56. The van der Waals surface area contributed by atoms with E-state index in [1.54, 1.807) is 12.1 Å². The average molecular weight is 208 g/mol. The van der Waals surface area contributed by atoms with Gasteiger partial charge in [0.15, 0.2) is 0 Å². The van der Waals surface area contributed by atoms with Crippen LogP contribution in [0.15, 0.2) is 18.2 Å². The first-order valence-electron chi connectivity index (χ1n) is 5.18. The lowest BCUT2D eigenvalue weighted by molar-refractivity contribution is -0.385. The van der Waals surface area contributed by atoms with E-state index >= 15 is 0 Å². The fraction of sp³-hybridized carbons (Fsp3) is 0.455. The van der Waals surface area contributed by atoms with Crippen LogP contribution in [0.3, 0.4) is 0 Å². The van der Waals surface area contributed by atoms with Gasteiger partial charge in [0, 0.05) is 11.8 Å². The fourth-order valence-electron chi connectivity index (χ4n) is 1.59. The summed E-state index contributed by atoms with van der Waals surface area (Å²) in [6, 6.07) is 4.85. The second kappa shape index (κ2) is 5.34. The van der Waals surface area contributed by atoms with Gasteiger partial charge in [-0.2, -0.15) is 0 Å². The Kier molecular flexibility index (Phi) is 4.09. The Hall–Kier alpha value is -1.58. The zero-order valence-electron chi connectivity index (χ0n) is 8.90. The Balaban J connectivity index is 2.87. The first-order chi connectivity index (χ1) is 7.16. The summed E-state index contributed by atoms with van der Waals surface area (Å²) < 4.78 is 0. The van der Waals surface area contributed by atoms with Crippen LogP contribution in [0.1, 0.15) is 31.7 Å². The van der Waals surface area contributed by atoms with Crippen molar-refractivity contribution in [1.82, 2.24) is 0 Å². The number of nitrogen functional groups attached to an aromatic ring is 1. The van der Waals surface area contributed by atoms with Gasteiger partial charge in [0.05, 0.1) is 10.5 Å². The van der Waals surface area contributed by atoms with Crippen LogP contribution in [-0.2, 0) is 6.42 Å². The largest absolute Gasteiger partial charge is 0.398 e. The summed E-state index contributed by atoms with van der Waals surface area (Å²) in [5.74, 6) is 0. The van der Waals surface area contributed by atoms with E-state index in [9.17, 15) is 10.1 Å². The molecule has 0 atom stereocenters. The molecule has 0 unspecified atom stereocenters. The predicted molar refractivity (Wildman–Crippen MR) is 60.7 cm³/mol. The van der Waals surface area contributed by atoms with Crippen molar-refractivity contribution in [3.8, 4) is 0 Å². The van der Waals surface area contributed by atoms with E-state index in [0.29, 0.717) is 17.7 Å². The highest BCUT2D eigenvalue weighted by Gasteiger charge is 2.14. The van der Waals surface area contributed by atoms with Crippen LogP contribution in [0.2, 0.25) is 0 Å². The van der Waals surface area contributed by atoms with Crippen LogP contribution < -0.4 is 5.73 Å². The van der Waals surface area contributed by atoms with Crippen LogP contribution in [0.25, 0.3) is 0 Å². The third-order valence-corrected chi connectivity index (χ3v) is 2.41. The monoisotopic (exact) mass is 208 g/mol. The Morgan fingerprint density at radius 2 is 2.13 bits per heavy atom. The number of nitrogens with zero attached hydrogens (tertiary/aromatic N) is 1. The molecule has 15 heavy (non-hydrogen) atoms. The lowest BCUT2D eigenvalue weighted by Crippen LogP contribution is -2.00. The van der Waals surface area contributed by atoms with Crippen molar-refractivity contribution in [1.29, 1.82) is 0 Å². The number of nitro groups is 1. The highest BCUT2D eigenvalue weighted by Crippen LogP contribution is 2.25. The maximum atomic E-state index is 10.8. The predicted octanol–water partition coefficient (Wildman–Crippen LogP) is 2.91. The van der Waals surface area contributed by atoms with Gasteiger partial charge in [0.1, 0.15) is 0 Å². The van der Waals surface area contributed by atoms with Crippen molar-refractivity contribution in [2.24, 2.45) is 0 Å². The van der Waals surface area contributed by atoms with Crippen LogP contribution in [-0.4, -0.2) is 4.92 Å². The molecule has 0 fully saturated rings. The summed E-state index contributed by atoms with van der Waals surface area (Å²) in [4.78, 5) is 10.4. The minimum absolute atomic E-state index is 0.145. The molecule has 0 spiro atoms. The molecule has 0 aliphatic carbocycles. The lowest BCUT2D eigenvalue weighted by Gasteiger charge is -2.05. The third kappa shape index (κ3) is 2.94. The Morgan fingerprint density at radius 1 is 1.40 bits per heavy atom. The van der Waals surface area contributed by atoms with Crippen molar-refractivity contribution in [2.75, 3.05) is 5.73 Å². The summed E-state index contributed by atoms with van der Waals surface area (Å²) in [7, 11) is 0. The third-order valence-electron chi connectivity index (χ3n) is 2.41. The maximum absolute atomic E-state index is 10.8. The van der Waals surface area contributed by atoms with E-state index < -0.39 is 0 Å². The minimum atomic E-state index is -0.363. The summed E-state index contributed by atoms with van der Waals surface area (Å²) in [6.45, 7) is 2.10. The molecule has 1 aromatic rings. The topological polar surface area (TPSA) is 69.2 Å². The SMILES string of the molecule is CCCCCc1c(N)cccc1[N+](=O)[O-]. The summed E-state index contributed by atoms with van der Waals surface area (Å²) in [5.41, 5.74) is 7.09. The standard InChI is InChI=1S/C11H16N2O2/c1-2-3-4-6-9-10(12)7-5-8-11(9)13(14)15/h5,7-8H,2-4,6,12H2,1H3. The van der Waals surface area contributed by atoms with Crippen molar-refractivity contribution in [2.45, 2.75) is 32.6 Å². The van der Waals surface area contributed by atoms with Gasteiger partial charge in [-0.05, 0) is 18.9 Å². The first-order valence-corrected chi connectivity index (χ1v) is 5.18. The van der Waals surface area contributed by atoms with Crippen molar-refractivity contribution < 1.29 is 4.92 Å². The van der Waals surface area contributed by atoms with Gasteiger partial charge in [0.2, 0.25) is 0 Å². The molecule has 2 N–H and O–H groups in total.